The van der Waals surface area contributed by atoms with Gasteiger partial charge in [0.05, 0.1) is 6.42 Å². The van der Waals surface area contributed by atoms with Crippen molar-refractivity contribution in [1.29, 1.82) is 0 Å². The molecular formula is C3H4ClNaO2. The van der Waals surface area contributed by atoms with Crippen molar-refractivity contribution >= 4 is 23.1 Å². The van der Waals surface area contributed by atoms with E-state index < -0.39 is 5.24 Å². The van der Waals surface area contributed by atoms with Crippen LogP contribution in [0.2, 0.25) is 0 Å². The first kappa shape index (κ1) is 10.6. The average Bonchev–Trinajstić information content (AvgIpc) is 1.35. The van der Waals surface area contributed by atoms with Gasteiger partial charge in [-0.2, -0.15) is 0 Å². The molecule has 0 unspecified atom stereocenters. The van der Waals surface area contributed by atoms with Gasteiger partial charge in [-0.15, -0.1) is 0 Å². The van der Waals surface area contributed by atoms with E-state index >= 15 is 0 Å². The molecule has 0 atom stereocenters. The first-order valence-electron chi connectivity index (χ1n) is 1.39. The monoisotopic (exact) mass is 130 g/mol. The fraction of sp³-hybridized carbons (Fsp3) is 0.333. The Morgan fingerprint density at radius 1 is 1.86 bits per heavy atom. The van der Waals surface area contributed by atoms with E-state index in [0.29, 0.717) is 6.29 Å². The summed E-state index contributed by atoms with van der Waals surface area (Å²) < 4.78 is 0. The van der Waals surface area contributed by atoms with E-state index in [0.717, 1.165) is 0 Å². The van der Waals surface area contributed by atoms with Crippen molar-refractivity contribution in [2.75, 3.05) is 0 Å². The van der Waals surface area contributed by atoms with Gasteiger partial charge in [-0.25, -0.2) is 0 Å². The molecule has 7 heavy (non-hydrogen) atoms. The molecule has 0 aliphatic rings. The van der Waals surface area contributed by atoms with Gasteiger partial charge in [0.15, 0.2) is 0 Å². The van der Waals surface area contributed by atoms with Crippen LogP contribution in [0, 0.1) is 0 Å². The van der Waals surface area contributed by atoms with Crippen LogP contribution >= 0.6 is 11.6 Å². The van der Waals surface area contributed by atoms with Gasteiger partial charge < -0.3 is 6.22 Å². The molecule has 4 heteroatoms. The molecule has 0 bridgehead atoms. The number of halogens is 1. The van der Waals surface area contributed by atoms with Gasteiger partial charge in [0.25, 0.3) is 0 Å². The summed E-state index contributed by atoms with van der Waals surface area (Å²) in [6.07, 6.45) is 0.289. The van der Waals surface area contributed by atoms with Crippen molar-refractivity contribution in [3.05, 3.63) is 0 Å². The molecule has 0 rings (SSSR count). The number of aldehydes is 1. The molecule has 0 radical (unpaired) electrons. The topological polar surface area (TPSA) is 34.1 Å². The molecule has 0 aromatic rings. The summed E-state index contributed by atoms with van der Waals surface area (Å²) in [7, 11) is 0. The molecule has 0 aliphatic heterocycles. The number of hydrogen-bond acceptors (Lipinski definition) is 2. The summed E-state index contributed by atoms with van der Waals surface area (Å²) in [6, 6.07) is 0. The summed E-state index contributed by atoms with van der Waals surface area (Å²) in [5, 5.41) is -0.606. The Balaban J connectivity index is -0.000000125. The molecule has 0 saturated heterocycles. The van der Waals surface area contributed by atoms with Crippen LogP contribution < -0.4 is 29.6 Å². The second kappa shape index (κ2) is 6.63. The minimum Gasteiger partial charge on any atom is -1.00 e. The van der Waals surface area contributed by atoms with Crippen molar-refractivity contribution in [2.45, 2.75) is 6.42 Å². The van der Waals surface area contributed by atoms with E-state index in [-0.39, 0.29) is 37.4 Å². The molecule has 0 saturated carbocycles. The minimum absolute atomic E-state index is 0. The van der Waals surface area contributed by atoms with E-state index in [1.807, 2.05) is 0 Å². The van der Waals surface area contributed by atoms with Gasteiger partial charge in [0.2, 0.25) is 5.24 Å². The van der Waals surface area contributed by atoms with Crippen LogP contribution in [0.3, 0.4) is 0 Å². The van der Waals surface area contributed by atoms with E-state index in [1.165, 1.54) is 0 Å². The first-order valence-corrected chi connectivity index (χ1v) is 1.77. The molecule has 0 N–H and O–H groups in total. The summed E-state index contributed by atoms with van der Waals surface area (Å²) in [5.41, 5.74) is 0. The van der Waals surface area contributed by atoms with Crippen LogP contribution in [0.5, 0.6) is 0 Å². The van der Waals surface area contributed by atoms with Crippen LogP contribution in [-0.2, 0) is 9.59 Å². The molecule has 2 nitrogen and oxygen atoms in total. The van der Waals surface area contributed by atoms with Gasteiger partial charge >= 0.3 is 29.6 Å². The second-order valence-electron chi connectivity index (χ2n) is 0.726. The Hall–Kier alpha value is 0.630. The smallest absolute Gasteiger partial charge is 1.00 e. The minimum atomic E-state index is -0.606. The van der Waals surface area contributed by atoms with Crippen LogP contribution in [-0.4, -0.2) is 11.5 Å². The fourth-order valence-corrected chi connectivity index (χ4v) is 0.129. The van der Waals surface area contributed by atoms with E-state index in [1.54, 1.807) is 0 Å². The zero-order valence-electron chi connectivity index (χ0n) is 4.98. The maximum absolute atomic E-state index is 9.58. The van der Waals surface area contributed by atoms with Gasteiger partial charge in [-0.1, -0.05) is 0 Å². The summed E-state index contributed by atoms with van der Waals surface area (Å²) in [4.78, 5) is 18.9. The third-order valence-corrected chi connectivity index (χ3v) is 0.398. The zero-order valence-corrected chi connectivity index (χ0v) is 6.73. The Labute approximate surface area is 70.0 Å². The Bertz CT molecular complexity index is 77.7. The van der Waals surface area contributed by atoms with Crippen LogP contribution in [0.1, 0.15) is 7.85 Å². The van der Waals surface area contributed by atoms with Crippen molar-refractivity contribution in [3.63, 3.8) is 0 Å². The molecule has 0 fully saturated rings. The Morgan fingerprint density at radius 3 is 2.29 bits per heavy atom. The quantitative estimate of drug-likeness (QED) is 0.179. The second-order valence-corrected chi connectivity index (χ2v) is 1.15. The molecule has 0 amide bonds. The Kier molecular flexibility index (Phi) is 10.0. The predicted octanol–water partition coefficient (Wildman–Crippen LogP) is -2.54. The van der Waals surface area contributed by atoms with E-state index in [4.69, 9.17) is 11.6 Å². The summed E-state index contributed by atoms with van der Waals surface area (Å²) in [6.45, 7) is 0. The summed E-state index contributed by atoms with van der Waals surface area (Å²) in [5.74, 6) is 0. The number of rotatable bonds is 2. The van der Waals surface area contributed by atoms with E-state index in [2.05, 4.69) is 0 Å². The molecule has 36 valence electrons. The van der Waals surface area contributed by atoms with Gasteiger partial charge in [0, 0.05) is 0 Å². The summed E-state index contributed by atoms with van der Waals surface area (Å²) >= 11 is 4.71. The molecule has 0 heterocycles. The first-order chi connectivity index (χ1) is 2.77. The van der Waals surface area contributed by atoms with Crippen LogP contribution in [0.25, 0.3) is 0 Å². The third-order valence-electron chi connectivity index (χ3n) is 0.244. The maximum Gasteiger partial charge on any atom is 1.00 e. The molecule has 0 aromatic carbocycles. The zero-order chi connectivity index (χ0) is 4.99. The average molecular weight is 131 g/mol. The maximum atomic E-state index is 9.58. The van der Waals surface area contributed by atoms with Crippen LogP contribution in [0.15, 0.2) is 0 Å². The SMILES string of the molecule is O=CCC(=O)Cl.[H-].[Na+]. The van der Waals surface area contributed by atoms with Gasteiger partial charge in [0.1, 0.15) is 6.29 Å². The van der Waals surface area contributed by atoms with Gasteiger partial charge in [-0.3, -0.25) is 4.79 Å². The largest absolute Gasteiger partial charge is 1.00 e. The fourth-order valence-electron chi connectivity index (χ4n) is 0.0655. The molecule has 0 aromatic heterocycles. The predicted molar refractivity (Wildman–Crippen MR) is 22.7 cm³/mol. The molecule has 0 aliphatic carbocycles. The van der Waals surface area contributed by atoms with Crippen molar-refractivity contribution in [1.82, 2.24) is 0 Å². The number of carbonyl (C=O) groups excluding carboxylic acids is 2. The van der Waals surface area contributed by atoms with Gasteiger partial charge in [-0.05, 0) is 11.6 Å². The number of carbonyl (C=O) groups is 2. The van der Waals surface area contributed by atoms with Crippen molar-refractivity contribution in [2.24, 2.45) is 0 Å². The van der Waals surface area contributed by atoms with Crippen molar-refractivity contribution in [3.8, 4) is 0 Å². The van der Waals surface area contributed by atoms with E-state index in [9.17, 15) is 9.59 Å². The normalized spacial score (nSPS) is 6.43. The molecule has 0 spiro atoms. The number of hydrogen-bond donors (Lipinski definition) is 0. The Morgan fingerprint density at radius 2 is 2.29 bits per heavy atom. The van der Waals surface area contributed by atoms with Crippen LogP contribution in [0.4, 0.5) is 0 Å². The molecular weight excluding hydrogens is 126 g/mol. The van der Waals surface area contributed by atoms with Crippen molar-refractivity contribution < 1.29 is 40.6 Å². The third kappa shape index (κ3) is 10.8. The standard InChI is InChI=1S/C3H3ClO2.Na.H/c4-3(6)1-2-5;;/h2H,1H2;;/q;+1;-1.